The number of rotatable bonds is 1. The summed E-state index contributed by atoms with van der Waals surface area (Å²) in [7, 11) is 0. The van der Waals surface area contributed by atoms with E-state index >= 15 is 0 Å². The van der Waals surface area contributed by atoms with Crippen LogP contribution in [-0.2, 0) is 0 Å². The van der Waals surface area contributed by atoms with Crippen LogP contribution in [0.2, 0.25) is 0 Å². The number of piperidine rings is 1. The van der Waals surface area contributed by atoms with Gasteiger partial charge in [-0.25, -0.2) is 0 Å². The van der Waals surface area contributed by atoms with E-state index in [2.05, 4.69) is 5.32 Å². The Morgan fingerprint density at radius 1 is 1.33 bits per heavy atom. The average Bonchev–Trinajstić information content (AvgIpc) is 2.17. The van der Waals surface area contributed by atoms with Crippen LogP contribution >= 0.6 is 0 Å². The lowest BCUT2D eigenvalue weighted by atomic mass is 9.86. The monoisotopic (exact) mass is 207 g/mol. The first kappa shape index (κ1) is 10.5. The van der Waals surface area contributed by atoms with Crippen molar-refractivity contribution >= 4 is 0 Å². The molecule has 3 heteroatoms. The van der Waals surface area contributed by atoms with Crippen molar-refractivity contribution in [3.8, 4) is 5.75 Å². The van der Waals surface area contributed by atoms with Gasteiger partial charge in [0.15, 0.2) is 0 Å². The minimum atomic E-state index is -0.576. The van der Waals surface area contributed by atoms with E-state index in [1.165, 1.54) is 0 Å². The van der Waals surface area contributed by atoms with Crippen molar-refractivity contribution in [3.05, 3.63) is 29.8 Å². The second-order valence-corrected chi connectivity index (χ2v) is 4.55. The van der Waals surface area contributed by atoms with Crippen LogP contribution in [0.3, 0.4) is 0 Å². The summed E-state index contributed by atoms with van der Waals surface area (Å²) in [6.45, 7) is 2.71. The van der Waals surface area contributed by atoms with Crippen molar-refractivity contribution in [3.63, 3.8) is 0 Å². The molecule has 82 valence electrons. The van der Waals surface area contributed by atoms with Crippen molar-refractivity contribution in [2.45, 2.75) is 31.4 Å². The Kier molecular flexibility index (Phi) is 2.67. The van der Waals surface area contributed by atoms with E-state index in [0.29, 0.717) is 0 Å². The molecule has 0 spiro atoms. The van der Waals surface area contributed by atoms with Gasteiger partial charge in [0.1, 0.15) is 5.75 Å². The third kappa shape index (κ3) is 2.49. The smallest absolute Gasteiger partial charge is 0.115 e. The highest BCUT2D eigenvalue weighted by molar-refractivity contribution is 5.28. The van der Waals surface area contributed by atoms with E-state index in [1.807, 2.05) is 19.1 Å². The van der Waals surface area contributed by atoms with Crippen molar-refractivity contribution in [2.75, 3.05) is 6.54 Å². The molecule has 2 rings (SSSR count). The van der Waals surface area contributed by atoms with Crippen molar-refractivity contribution in [1.29, 1.82) is 0 Å². The van der Waals surface area contributed by atoms with Crippen LogP contribution in [0.1, 0.15) is 31.4 Å². The zero-order chi connectivity index (χ0) is 10.9. The van der Waals surface area contributed by atoms with Crippen LogP contribution < -0.4 is 5.32 Å². The van der Waals surface area contributed by atoms with Gasteiger partial charge in [-0.05, 0) is 44.0 Å². The van der Waals surface area contributed by atoms with E-state index in [4.69, 9.17) is 0 Å². The second-order valence-electron chi connectivity index (χ2n) is 4.55. The zero-order valence-electron chi connectivity index (χ0n) is 8.90. The standard InChI is InChI=1S/C12H17NO2/c1-12(15)6-7-13-11(8-12)9-2-4-10(14)5-3-9/h2-5,11,13-15H,6-8H2,1H3. The first-order valence-corrected chi connectivity index (χ1v) is 5.31. The van der Waals surface area contributed by atoms with E-state index in [-0.39, 0.29) is 11.8 Å². The Morgan fingerprint density at radius 3 is 2.60 bits per heavy atom. The summed E-state index contributed by atoms with van der Waals surface area (Å²) < 4.78 is 0. The van der Waals surface area contributed by atoms with Crippen molar-refractivity contribution < 1.29 is 10.2 Å². The highest BCUT2D eigenvalue weighted by Crippen LogP contribution is 2.30. The molecular formula is C12H17NO2. The molecule has 1 fully saturated rings. The van der Waals surface area contributed by atoms with Gasteiger partial charge < -0.3 is 15.5 Å². The summed E-state index contributed by atoms with van der Waals surface area (Å²) in [5.41, 5.74) is 0.543. The summed E-state index contributed by atoms with van der Waals surface area (Å²) in [5, 5.41) is 22.5. The van der Waals surface area contributed by atoms with Crippen LogP contribution in [0, 0.1) is 0 Å². The molecule has 1 heterocycles. The largest absolute Gasteiger partial charge is 0.508 e. The normalized spacial score (nSPS) is 31.5. The number of hydrogen-bond acceptors (Lipinski definition) is 3. The minimum absolute atomic E-state index is 0.189. The minimum Gasteiger partial charge on any atom is -0.508 e. The van der Waals surface area contributed by atoms with Gasteiger partial charge in [0.2, 0.25) is 0 Å². The topological polar surface area (TPSA) is 52.5 Å². The highest BCUT2D eigenvalue weighted by Gasteiger charge is 2.30. The fraction of sp³-hybridized carbons (Fsp3) is 0.500. The maximum absolute atomic E-state index is 9.97. The van der Waals surface area contributed by atoms with E-state index in [0.717, 1.165) is 24.9 Å². The van der Waals surface area contributed by atoms with Crippen LogP contribution in [0.15, 0.2) is 24.3 Å². The van der Waals surface area contributed by atoms with E-state index < -0.39 is 5.60 Å². The molecule has 2 unspecified atom stereocenters. The Hall–Kier alpha value is -1.06. The average molecular weight is 207 g/mol. The molecule has 2 atom stereocenters. The Morgan fingerprint density at radius 2 is 2.00 bits per heavy atom. The number of nitrogens with one attached hydrogen (secondary N) is 1. The number of phenols is 1. The van der Waals surface area contributed by atoms with Gasteiger partial charge in [0.05, 0.1) is 5.60 Å². The molecule has 1 aliphatic rings. The van der Waals surface area contributed by atoms with Crippen LogP contribution in [0.4, 0.5) is 0 Å². The fourth-order valence-corrected chi connectivity index (χ4v) is 2.07. The predicted octanol–water partition coefficient (Wildman–Crippen LogP) is 1.57. The molecule has 1 saturated heterocycles. The molecule has 1 aromatic carbocycles. The SMILES string of the molecule is CC1(O)CCNC(c2ccc(O)cc2)C1. The van der Waals surface area contributed by atoms with Gasteiger partial charge in [-0.1, -0.05) is 12.1 Å². The van der Waals surface area contributed by atoms with Crippen LogP contribution in [0.25, 0.3) is 0 Å². The first-order valence-electron chi connectivity index (χ1n) is 5.31. The van der Waals surface area contributed by atoms with Gasteiger partial charge in [-0.3, -0.25) is 0 Å². The highest BCUT2D eigenvalue weighted by atomic mass is 16.3. The van der Waals surface area contributed by atoms with E-state index in [9.17, 15) is 10.2 Å². The van der Waals surface area contributed by atoms with Gasteiger partial charge >= 0.3 is 0 Å². The lowest BCUT2D eigenvalue weighted by molar-refractivity contribution is 0.0132. The summed E-state index contributed by atoms with van der Waals surface area (Å²) in [6.07, 6.45) is 1.51. The maximum atomic E-state index is 9.97. The number of phenolic OH excluding ortho intramolecular Hbond substituents is 1. The second kappa shape index (κ2) is 3.83. The van der Waals surface area contributed by atoms with E-state index in [1.54, 1.807) is 12.1 Å². The molecule has 0 aliphatic carbocycles. The third-order valence-corrected chi connectivity index (χ3v) is 2.99. The molecule has 0 radical (unpaired) electrons. The summed E-state index contributed by atoms with van der Waals surface area (Å²) in [4.78, 5) is 0. The number of benzene rings is 1. The lowest BCUT2D eigenvalue weighted by Gasteiger charge is -2.35. The molecule has 0 bridgehead atoms. The first-order chi connectivity index (χ1) is 7.07. The van der Waals surface area contributed by atoms with Gasteiger partial charge in [0.25, 0.3) is 0 Å². The molecule has 1 aliphatic heterocycles. The van der Waals surface area contributed by atoms with Crippen molar-refractivity contribution in [1.82, 2.24) is 5.32 Å². The number of hydrogen-bond donors (Lipinski definition) is 3. The number of aromatic hydroxyl groups is 1. The molecule has 0 amide bonds. The predicted molar refractivity (Wildman–Crippen MR) is 58.7 cm³/mol. The molecule has 15 heavy (non-hydrogen) atoms. The summed E-state index contributed by atoms with van der Waals surface area (Å²) in [5.74, 6) is 0.279. The summed E-state index contributed by atoms with van der Waals surface area (Å²) >= 11 is 0. The fourth-order valence-electron chi connectivity index (χ4n) is 2.07. The van der Waals surface area contributed by atoms with Crippen molar-refractivity contribution in [2.24, 2.45) is 0 Å². The number of aliphatic hydroxyl groups is 1. The maximum Gasteiger partial charge on any atom is 0.115 e. The third-order valence-electron chi connectivity index (χ3n) is 2.99. The molecule has 0 saturated carbocycles. The zero-order valence-corrected chi connectivity index (χ0v) is 8.90. The van der Waals surface area contributed by atoms with Crippen LogP contribution in [-0.4, -0.2) is 22.4 Å². The molecular weight excluding hydrogens is 190 g/mol. The van der Waals surface area contributed by atoms with Gasteiger partial charge in [-0.2, -0.15) is 0 Å². The molecule has 3 N–H and O–H groups in total. The Bertz CT molecular complexity index is 332. The molecule has 3 nitrogen and oxygen atoms in total. The Balaban J connectivity index is 2.13. The molecule has 1 aromatic rings. The summed E-state index contributed by atoms with van der Waals surface area (Å²) in [6, 6.07) is 7.35. The molecule has 0 aromatic heterocycles. The Labute approximate surface area is 89.8 Å². The van der Waals surface area contributed by atoms with Gasteiger partial charge in [0, 0.05) is 6.04 Å². The van der Waals surface area contributed by atoms with Gasteiger partial charge in [-0.15, -0.1) is 0 Å². The van der Waals surface area contributed by atoms with Crippen LogP contribution in [0.5, 0.6) is 5.75 Å². The lowest BCUT2D eigenvalue weighted by Crippen LogP contribution is -2.41. The quantitative estimate of drug-likeness (QED) is 0.655.